The van der Waals surface area contributed by atoms with Crippen molar-refractivity contribution in [3.8, 4) is 5.75 Å². The van der Waals surface area contributed by atoms with Gasteiger partial charge in [0, 0.05) is 24.0 Å². The lowest BCUT2D eigenvalue weighted by Crippen LogP contribution is -2.39. The molecule has 0 bridgehead atoms. The number of aromatic amines is 1. The van der Waals surface area contributed by atoms with E-state index in [1.165, 1.54) is 5.56 Å². The summed E-state index contributed by atoms with van der Waals surface area (Å²) in [5.74, 6) is 2.34. The second-order valence-electron chi connectivity index (χ2n) is 5.65. The smallest absolute Gasteiger partial charge is 0.265 e. The molecule has 0 saturated carbocycles. The van der Waals surface area contributed by atoms with Crippen molar-refractivity contribution in [1.82, 2.24) is 20.6 Å². The average molecular weight is 350 g/mol. The van der Waals surface area contributed by atoms with E-state index in [9.17, 15) is 0 Å². The molecule has 0 amide bonds. The molecule has 7 heteroatoms. The Kier molecular flexibility index (Phi) is 3.29. The van der Waals surface area contributed by atoms with Gasteiger partial charge >= 0.3 is 0 Å². The fraction of sp³-hybridized carbons (Fsp3) is 0.500. The Hall–Kier alpha value is -1.63. The molecule has 1 fully saturated rings. The number of tetrazole rings is 1. The molecule has 1 saturated heterocycles. The van der Waals surface area contributed by atoms with Crippen LogP contribution in [0.2, 0.25) is 0 Å². The highest BCUT2D eigenvalue weighted by Gasteiger charge is 2.33. The second kappa shape index (κ2) is 5.29. The minimum atomic E-state index is 0.307. The van der Waals surface area contributed by atoms with Crippen LogP contribution in [-0.2, 0) is 6.42 Å². The highest BCUT2D eigenvalue weighted by molar-refractivity contribution is 9.10. The Labute approximate surface area is 131 Å². The molecule has 1 unspecified atom stereocenters. The van der Waals surface area contributed by atoms with Crippen molar-refractivity contribution in [1.29, 1.82) is 0 Å². The van der Waals surface area contributed by atoms with Gasteiger partial charge in [-0.2, -0.15) is 5.21 Å². The number of anilines is 1. The first-order valence-electron chi connectivity index (χ1n) is 7.23. The zero-order valence-corrected chi connectivity index (χ0v) is 13.1. The van der Waals surface area contributed by atoms with Crippen molar-refractivity contribution in [2.45, 2.75) is 25.4 Å². The predicted octanol–water partition coefficient (Wildman–Crippen LogP) is 2.18. The number of nitrogens with zero attached hydrogens (tertiary/aromatic N) is 4. The van der Waals surface area contributed by atoms with Gasteiger partial charge < -0.3 is 9.64 Å². The number of nitrogens with one attached hydrogen (secondary N) is 1. The Bertz CT molecular complexity index is 624. The number of fused-ring (bicyclic) bond motifs is 1. The molecule has 6 nitrogen and oxygen atoms in total. The van der Waals surface area contributed by atoms with E-state index in [1.807, 2.05) is 6.07 Å². The maximum absolute atomic E-state index is 6.14. The third-order valence-corrected chi connectivity index (χ3v) is 4.90. The first kappa shape index (κ1) is 13.1. The second-order valence-corrected chi connectivity index (χ2v) is 6.56. The number of hydrogen-bond donors (Lipinski definition) is 1. The maximum atomic E-state index is 6.14. The quantitative estimate of drug-likeness (QED) is 0.899. The summed E-state index contributed by atoms with van der Waals surface area (Å²) >= 11 is 3.53. The van der Waals surface area contributed by atoms with Gasteiger partial charge in [0.25, 0.3) is 5.95 Å². The lowest BCUT2D eigenvalue weighted by atomic mass is 9.89. The molecule has 2 aliphatic heterocycles. The monoisotopic (exact) mass is 349 g/mol. The van der Waals surface area contributed by atoms with Crippen LogP contribution in [0.15, 0.2) is 22.7 Å². The number of piperidine rings is 1. The summed E-state index contributed by atoms with van der Waals surface area (Å²) in [6, 6.07) is 6.28. The number of aromatic nitrogens is 4. The van der Waals surface area contributed by atoms with Crippen LogP contribution in [0.1, 0.15) is 18.4 Å². The summed E-state index contributed by atoms with van der Waals surface area (Å²) in [5, 5.41) is 14.2. The van der Waals surface area contributed by atoms with E-state index in [0.717, 1.165) is 42.6 Å². The number of halogens is 1. The van der Waals surface area contributed by atoms with Gasteiger partial charge in [-0.3, -0.25) is 0 Å². The number of hydrogen-bond acceptors (Lipinski definition) is 5. The Morgan fingerprint density at radius 2 is 2.14 bits per heavy atom. The van der Waals surface area contributed by atoms with Crippen molar-refractivity contribution >= 4 is 21.9 Å². The molecule has 1 aromatic carbocycles. The van der Waals surface area contributed by atoms with Gasteiger partial charge in [-0.25, -0.2) is 0 Å². The average Bonchev–Trinajstić information content (AvgIpc) is 3.16. The summed E-state index contributed by atoms with van der Waals surface area (Å²) in [7, 11) is 0. The van der Waals surface area contributed by atoms with Crippen LogP contribution in [0.25, 0.3) is 0 Å². The lowest BCUT2D eigenvalue weighted by Gasteiger charge is -2.33. The number of benzene rings is 1. The van der Waals surface area contributed by atoms with Crippen LogP contribution in [0, 0.1) is 5.92 Å². The molecular formula is C14H16BrN5O. The van der Waals surface area contributed by atoms with Crippen LogP contribution in [0.4, 0.5) is 5.95 Å². The van der Waals surface area contributed by atoms with Crippen molar-refractivity contribution in [2.75, 3.05) is 18.0 Å². The van der Waals surface area contributed by atoms with Gasteiger partial charge in [-0.05, 0) is 47.7 Å². The standard InChI is InChI=1S/C14H16BrN5O/c15-11-1-2-12-10(7-11)8-13(21-12)9-3-5-20(6-4-9)14-16-18-19-17-14/h1-2,7,9,13H,3-6,8H2,(H,16,17,18,19). The summed E-state index contributed by atoms with van der Waals surface area (Å²) < 4.78 is 7.26. The molecule has 0 spiro atoms. The zero-order chi connectivity index (χ0) is 14.2. The molecule has 1 atom stereocenters. The first-order valence-corrected chi connectivity index (χ1v) is 8.02. The first-order chi connectivity index (χ1) is 10.3. The van der Waals surface area contributed by atoms with Crippen molar-refractivity contribution in [3.63, 3.8) is 0 Å². The van der Waals surface area contributed by atoms with Crippen LogP contribution in [0.5, 0.6) is 5.75 Å². The minimum Gasteiger partial charge on any atom is -0.490 e. The summed E-state index contributed by atoms with van der Waals surface area (Å²) in [6.45, 7) is 1.92. The van der Waals surface area contributed by atoms with E-state index in [2.05, 4.69) is 53.6 Å². The Balaban J connectivity index is 1.40. The van der Waals surface area contributed by atoms with Gasteiger partial charge in [0.15, 0.2) is 0 Å². The fourth-order valence-corrected chi connectivity index (χ4v) is 3.68. The molecule has 0 radical (unpaired) electrons. The summed E-state index contributed by atoms with van der Waals surface area (Å²) in [4.78, 5) is 2.18. The third-order valence-electron chi connectivity index (χ3n) is 4.40. The number of rotatable bonds is 2. The molecule has 4 rings (SSSR count). The highest BCUT2D eigenvalue weighted by atomic mass is 79.9. The summed E-state index contributed by atoms with van der Waals surface area (Å²) in [6.07, 6.45) is 3.53. The van der Waals surface area contributed by atoms with Gasteiger partial charge in [-0.1, -0.05) is 21.0 Å². The van der Waals surface area contributed by atoms with Crippen LogP contribution >= 0.6 is 15.9 Å². The van der Waals surface area contributed by atoms with E-state index in [1.54, 1.807) is 0 Å². The number of H-pyrrole nitrogens is 1. The van der Waals surface area contributed by atoms with E-state index in [0.29, 0.717) is 18.0 Å². The van der Waals surface area contributed by atoms with E-state index >= 15 is 0 Å². The molecular weight excluding hydrogens is 334 g/mol. The SMILES string of the molecule is Brc1ccc2c(c1)CC(C1CCN(c3nn[nH]n3)CC1)O2. The highest BCUT2D eigenvalue weighted by Crippen LogP contribution is 2.36. The van der Waals surface area contributed by atoms with Gasteiger partial charge in [-0.15, -0.1) is 5.10 Å². The molecule has 0 aliphatic carbocycles. The van der Waals surface area contributed by atoms with E-state index in [4.69, 9.17) is 4.74 Å². The molecule has 1 aromatic heterocycles. The molecule has 110 valence electrons. The molecule has 21 heavy (non-hydrogen) atoms. The Morgan fingerprint density at radius 1 is 1.29 bits per heavy atom. The van der Waals surface area contributed by atoms with Crippen LogP contribution in [-0.4, -0.2) is 39.8 Å². The molecule has 3 heterocycles. The van der Waals surface area contributed by atoms with Gasteiger partial charge in [0.1, 0.15) is 11.9 Å². The topological polar surface area (TPSA) is 66.9 Å². The van der Waals surface area contributed by atoms with Crippen LogP contribution < -0.4 is 9.64 Å². The Morgan fingerprint density at radius 3 is 2.90 bits per heavy atom. The number of ether oxygens (including phenoxy) is 1. The van der Waals surface area contributed by atoms with Gasteiger partial charge in [0.05, 0.1) is 0 Å². The zero-order valence-electron chi connectivity index (χ0n) is 11.5. The van der Waals surface area contributed by atoms with E-state index < -0.39 is 0 Å². The van der Waals surface area contributed by atoms with Crippen molar-refractivity contribution in [2.24, 2.45) is 5.92 Å². The largest absolute Gasteiger partial charge is 0.490 e. The lowest BCUT2D eigenvalue weighted by molar-refractivity contribution is 0.138. The minimum absolute atomic E-state index is 0.307. The van der Waals surface area contributed by atoms with E-state index in [-0.39, 0.29) is 0 Å². The van der Waals surface area contributed by atoms with Crippen molar-refractivity contribution in [3.05, 3.63) is 28.2 Å². The molecule has 2 aromatic rings. The molecule has 1 N–H and O–H groups in total. The van der Waals surface area contributed by atoms with Gasteiger partial charge in [0.2, 0.25) is 0 Å². The fourth-order valence-electron chi connectivity index (χ4n) is 3.27. The normalized spacial score (nSPS) is 22.1. The predicted molar refractivity (Wildman–Crippen MR) is 81.4 cm³/mol. The maximum Gasteiger partial charge on any atom is 0.265 e. The third kappa shape index (κ3) is 2.50. The summed E-state index contributed by atoms with van der Waals surface area (Å²) in [5.41, 5.74) is 1.31. The molecule has 2 aliphatic rings. The van der Waals surface area contributed by atoms with Crippen LogP contribution in [0.3, 0.4) is 0 Å². The van der Waals surface area contributed by atoms with Crippen molar-refractivity contribution < 1.29 is 4.74 Å².